The van der Waals surface area contributed by atoms with E-state index < -0.39 is 0 Å². The minimum atomic E-state index is 0.442. The first kappa shape index (κ1) is 20.3. The van der Waals surface area contributed by atoms with E-state index in [1.807, 2.05) is 30.3 Å². The third-order valence-corrected chi connectivity index (χ3v) is 5.19. The molecule has 0 saturated carbocycles. The summed E-state index contributed by atoms with van der Waals surface area (Å²) in [5.41, 5.74) is 1.45. The van der Waals surface area contributed by atoms with Gasteiger partial charge in [0, 0.05) is 42.7 Å². The minimum Gasteiger partial charge on any atom is -0.497 e. The third-order valence-electron chi connectivity index (χ3n) is 5.19. The van der Waals surface area contributed by atoms with Gasteiger partial charge in [-0.25, -0.2) is 0 Å². The van der Waals surface area contributed by atoms with Crippen LogP contribution < -0.4 is 14.8 Å². The highest BCUT2D eigenvalue weighted by molar-refractivity contribution is 5.79. The van der Waals surface area contributed by atoms with E-state index in [1.54, 1.807) is 25.3 Å². The van der Waals surface area contributed by atoms with Crippen molar-refractivity contribution < 1.29 is 23.8 Å². The number of hydrogen-bond acceptors (Lipinski definition) is 7. The molecular formula is C23H26N2O5. The Morgan fingerprint density at radius 3 is 2.53 bits per heavy atom. The lowest BCUT2D eigenvalue weighted by Gasteiger charge is -2.26. The van der Waals surface area contributed by atoms with E-state index in [0.717, 1.165) is 50.6 Å². The Bertz CT molecular complexity index is 1040. The second-order valence-electron chi connectivity index (χ2n) is 7.14. The predicted molar refractivity (Wildman–Crippen MR) is 113 cm³/mol. The number of fused-ring (bicyclic) bond motifs is 1. The smallest absolute Gasteiger partial charge is 0.140 e. The summed E-state index contributed by atoms with van der Waals surface area (Å²) in [5.74, 6) is 2.09. The fraction of sp³-hybridized carbons (Fsp3) is 0.348. The zero-order valence-corrected chi connectivity index (χ0v) is 17.0. The molecule has 0 unspecified atom stereocenters. The third kappa shape index (κ3) is 4.75. The zero-order valence-electron chi connectivity index (χ0n) is 17.0. The summed E-state index contributed by atoms with van der Waals surface area (Å²) in [4.78, 5) is 2.40. The van der Waals surface area contributed by atoms with Crippen molar-refractivity contribution in [3.63, 3.8) is 0 Å². The van der Waals surface area contributed by atoms with Crippen LogP contribution in [0.4, 0.5) is 0 Å². The van der Waals surface area contributed by atoms with Gasteiger partial charge in [0.15, 0.2) is 0 Å². The highest BCUT2D eigenvalue weighted by atomic mass is 16.5. The SMILES string of the molecule is COc1ccc2/c(=N\O)cc(-c3ccc(OCCCN4CCOCC4)cc3)oc2c1. The molecule has 7 nitrogen and oxygen atoms in total. The van der Waals surface area contributed by atoms with Crippen molar-refractivity contribution in [1.82, 2.24) is 4.90 Å². The average Bonchev–Trinajstić information content (AvgIpc) is 2.81. The Morgan fingerprint density at radius 2 is 1.80 bits per heavy atom. The molecule has 7 heteroatoms. The van der Waals surface area contributed by atoms with Crippen LogP contribution in [0.25, 0.3) is 22.3 Å². The fourth-order valence-electron chi connectivity index (χ4n) is 3.52. The lowest BCUT2D eigenvalue weighted by atomic mass is 10.1. The number of benzene rings is 2. The van der Waals surface area contributed by atoms with Crippen LogP contribution in [0.1, 0.15) is 6.42 Å². The molecule has 1 aliphatic heterocycles. The van der Waals surface area contributed by atoms with Gasteiger partial charge in [0.05, 0.1) is 26.9 Å². The molecule has 2 aromatic carbocycles. The molecule has 1 fully saturated rings. The van der Waals surface area contributed by atoms with Crippen molar-refractivity contribution in [2.45, 2.75) is 6.42 Å². The van der Waals surface area contributed by atoms with E-state index in [4.69, 9.17) is 18.6 Å². The molecule has 0 aliphatic carbocycles. The van der Waals surface area contributed by atoms with Crippen molar-refractivity contribution in [3.05, 3.63) is 53.9 Å². The summed E-state index contributed by atoms with van der Waals surface area (Å²) in [6, 6.07) is 14.8. The van der Waals surface area contributed by atoms with Gasteiger partial charge >= 0.3 is 0 Å². The molecule has 4 rings (SSSR count). The molecule has 1 aromatic heterocycles. The van der Waals surface area contributed by atoms with E-state index in [0.29, 0.717) is 34.4 Å². The molecular weight excluding hydrogens is 384 g/mol. The molecule has 0 atom stereocenters. The Morgan fingerprint density at radius 1 is 1.03 bits per heavy atom. The van der Waals surface area contributed by atoms with Crippen LogP contribution in [0.5, 0.6) is 11.5 Å². The van der Waals surface area contributed by atoms with Crippen molar-refractivity contribution in [3.8, 4) is 22.8 Å². The van der Waals surface area contributed by atoms with Crippen LogP contribution in [0, 0.1) is 0 Å². The summed E-state index contributed by atoms with van der Waals surface area (Å²) in [6.45, 7) is 5.33. The minimum absolute atomic E-state index is 0.442. The summed E-state index contributed by atoms with van der Waals surface area (Å²) in [5, 5.41) is 14.0. The van der Waals surface area contributed by atoms with Gasteiger partial charge in [0.1, 0.15) is 28.2 Å². The van der Waals surface area contributed by atoms with E-state index in [2.05, 4.69) is 10.1 Å². The van der Waals surface area contributed by atoms with Crippen LogP contribution in [-0.2, 0) is 4.74 Å². The van der Waals surface area contributed by atoms with Gasteiger partial charge in [0.2, 0.25) is 0 Å². The van der Waals surface area contributed by atoms with Crippen molar-refractivity contribution in [2.75, 3.05) is 46.6 Å². The van der Waals surface area contributed by atoms with Crippen LogP contribution in [0.15, 0.2) is 58.1 Å². The van der Waals surface area contributed by atoms with E-state index in [-0.39, 0.29) is 0 Å². The first-order valence-corrected chi connectivity index (χ1v) is 10.1. The molecule has 0 bridgehead atoms. The summed E-state index contributed by atoms with van der Waals surface area (Å²) < 4.78 is 22.5. The van der Waals surface area contributed by atoms with Gasteiger partial charge in [-0.05, 0) is 42.8 Å². The van der Waals surface area contributed by atoms with Crippen LogP contribution >= 0.6 is 0 Å². The van der Waals surface area contributed by atoms with Gasteiger partial charge < -0.3 is 23.8 Å². The second kappa shape index (κ2) is 9.65. The van der Waals surface area contributed by atoms with Crippen molar-refractivity contribution in [2.24, 2.45) is 5.16 Å². The van der Waals surface area contributed by atoms with Crippen LogP contribution in [0.2, 0.25) is 0 Å². The first-order valence-electron chi connectivity index (χ1n) is 10.1. The highest BCUT2D eigenvalue weighted by Gasteiger charge is 2.10. The Labute approximate surface area is 175 Å². The zero-order chi connectivity index (χ0) is 20.8. The fourth-order valence-corrected chi connectivity index (χ4v) is 3.52. The number of nitrogens with zero attached hydrogens (tertiary/aromatic N) is 2. The number of rotatable bonds is 7. The Balaban J connectivity index is 1.43. The maximum absolute atomic E-state index is 9.41. The number of methoxy groups -OCH3 is 1. The molecule has 1 saturated heterocycles. The molecule has 1 N–H and O–H groups in total. The first-order chi connectivity index (χ1) is 14.8. The number of hydrogen-bond donors (Lipinski definition) is 1. The summed E-state index contributed by atoms with van der Waals surface area (Å²) in [6.07, 6.45) is 0.977. The maximum Gasteiger partial charge on any atom is 0.140 e. The van der Waals surface area contributed by atoms with Gasteiger partial charge in [-0.1, -0.05) is 5.16 Å². The van der Waals surface area contributed by atoms with Crippen molar-refractivity contribution >= 4 is 11.0 Å². The standard InChI is InChI=1S/C23H26N2O5/c1-27-19-7-8-20-21(24-26)16-22(30-23(20)15-19)17-3-5-18(6-4-17)29-12-2-9-25-10-13-28-14-11-25/h3-8,15-16,26H,2,9-14H2,1H3/b24-21-. The van der Waals surface area contributed by atoms with E-state index >= 15 is 0 Å². The molecule has 0 spiro atoms. The van der Waals surface area contributed by atoms with Gasteiger partial charge in [-0.2, -0.15) is 0 Å². The average molecular weight is 410 g/mol. The molecule has 3 aromatic rings. The summed E-state index contributed by atoms with van der Waals surface area (Å²) >= 11 is 0. The molecule has 0 amide bonds. The number of ether oxygens (including phenoxy) is 3. The normalized spacial score (nSPS) is 15.4. The largest absolute Gasteiger partial charge is 0.497 e. The summed E-state index contributed by atoms with van der Waals surface area (Å²) in [7, 11) is 1.60. The maximum atomic E-state index is 9.41. The lowest BCUT2D eigenvalue weighted by molar-refractivity contribution is 0.0358. The lowest BCUT2D eigenvalue weighted by Crippen LogP contribution is -2.37. The molecule has 1 aliphatic rings. The molecule has 30 heavy (non-hydrogen) atoms. The van der Waals surface area contributed by atoms with E-state index in [1.165, 1.54) is 0 Å². The van der Waals surface area contributed by atoms with Crippen LogP contribution in [-0.4, -0.2) is 56.7 Å². The van der Waals surface area contributed by atoms with Crippen LogP contribution in [0.3, 0.4) is 0 Å². The molecule has 158 valence electrons. The highest BCUT2D eigenvalue weighted by Crippen LogP contribution is 2.26. The van der Waals surface area contributed by atoms with Gasteiger partial charge in [0.25, 0.3) is 0 Å². The number of morpholine rings is 1. The second-order valence-corrected chi connectivity index (χ2v) is 7.14. The predicted octanol–water partition coefficient (Wildman–Crippen LogP) is 3.50. The Kier molecular flexibility index (Phi) is 6.51. The van der Waals surface area contributed by atoms with Crippen molar-refractivity contribution in [1.29, 1.82) is 0 Å². The monoisotopic (exact) mass is 410 g/mol. The quantitative estimate of drug-likeness (QED) is 0.365. The Hall–Kier alpha value is -3.03. The topological polar surface area (TPSA) is 76.7 Å². The molecule has 0 radical (unpaired) electrons. The molecule has 2 heterocycles. The van der Waals surface area contributed by atoms with Gasteiger partial charge in [-0.3, -0.25) is 4.90 Å². The van der Waals surface area contributed by atoms with E-state index in [9.17, 15) is 5.21 Å². The van der Waals surface area contributed by atoms with Gasteiger partial charge in [-0.15, -0.1) is 0 Å².